The first-order chi connectivity index (χ1) is 19.9. The summed E-state index contributed by atoms with van der Waals surface area (Å²) < 4.78 is 10.4. The standard InChI is InChI=1S/C18H29N5O7.C6H11N5O2/c1-9-28-19-10-13-11-21(23(12(2)24)16(27)30-18(6,7)8)14(25)22(20-13)15(26)29-17(3,4)5;1-2-13-8-3-5-4-11(7)6(12)10-9-5/h10H,9,11H2,1-8H3;3H,2,4,7H2,1H3,(H,10,12)/b19-10+;8-3+. The summed E-state index contributed by atoms with van der Waals surface area (Å²) in [6.45, 7) is 14.9. The number of carbonyl (C=O) groups excluding carboxylic acids is 5. The number of hydrazine groups is 2. The lowest BCUT2D eigenvalue weighted by Crippen LogP contribution is -2.61. The molecule has 0 bridgehead atoms. The summed E-state index contributed by atoms with van der Waals surface area (Å²) >= 11 is 0. The number of urea groups is 2. The van der Waals surface area contributed by atoms with Gasteiger partial charge in [-0.3, -0.25) is 9.80 Å². The lowest BCUT2D eigenvalue weighted by atomic mass is 10.2. The van der Waals surface area contributed by atoms with E-state index in [0.29, 0.717) is 22.3 Å². The Labute approximate surface area is 249 Å². The molecular formula is C24H40N10O9. The second kappa shape index (κ2) is 16.0. The highest BCUT2D eigenvalue weighted by atomic mass is 16.6. The first kappa shape index (κ1) is 36.2. The molecule has 3 N–H and O–H groups in total. The average molecular weight is 613 g/mol. The summed E-state index contributed by atoms with van der Waals surface area (Å²) in [5, 5.41) is 17.5. The fourth-order valence-corrected chi connectivity index (χ4v) is 2.76. The van der Waals surface area contributed by atoms with Gasteiger partial charge < -0.3 is 19.1 Å². The number of ether oxygens (including phenoxy) is 2. The van der Waals surface area contributed by atoms with E-state index in [-0.39, 0.29) is 25.4 Å². The molecule has 0 unspecified atom stereocenters. The zero-order valence-corrected chi connectivity index (χ0v) is 25.8. The molecule has 0 radical (unpaired) electrons. The Bertz CT molecular complexity index is 1160. The van der Waals surface area contributed by atoms with Gasteiger partial charge in [-0.15, -0.1) is 10.0 Å². The van der Waals surface area contributed by atoms with Crippen molar-refractivity contribution < 1.29 is 43.1 Å². The van der Waals surface area contributed by atoms with Gasteiger partial charge in [-0.1, -0.05) is 10.3 Å². The number of nitrogens with zero attached hydrogens (tertiary/aromatic N) is 8. The highest BCUT2D eigenvalue weighted by Crippen LogP contribution is 2.19. The second-order valence-electron chi connectivity index (χ2n) is 10.5. The largest absolute Gasteiger partial charge is 0.442 e. The Morgan fingerprint density at radius 3 is 1.95 bits per heavy atom. The summed E-state index contributed by atoms with van der Waals surface area (Å²) in [7, 11) is 0. The SMILES string of the molecule is CCO/N=C/C1=NN(C(=O)OC(C)(C)C)C(=O)N(N(C(C)=O)C(=O)OC(C)(C)C)C1.CCO/N=C/C1=NNC(=O)N(N)C1. The summed E-state index contributed by atoms with van der Waals surface area (Å²) in [6, 6.07) is -1.51. The monoisotopic (exact) mass is 612 g/mol. The second-order valence-corrected chi connectivity index (χ2v) is 10.5. The fourth-order valence-electron chi connectivity index (χ4n) is 2.76. The van der Waals surface area contributed by atoms with Crippen LogP contribution < -0.4 is 11.3 Å². The van der Waals surface area contributed by atoms with Gasteiger partial charge in [0.25, 0.3) is 0 Å². The summed E-state index contributed by atoms with van der Waals surface area (Å²) in [5.41, 5.74) is 0.963. The van der Waals surface area contributed by atoms with Crippen molar-refractivity contribution >= 4 is 54.0 Å². The van der Waals surface area contributed by atoms with Gasteiger partial charge in [0.15, 0.2) is 0 Å². The minimum absolute atomic E-state index is 0.0590. The molecule has 7 amide bonds. The average Bonchev–Trinajstić information content (AvgIpc) is 2.86. The quantitative estimate of drug-likeness (QED) is 0.184. The van der Waals surface area contributed by atoms with E-state index in [2.05, 4.69) is 25.9 Å². The van der Waals surface area contributed by atoms with Gasteiger partial charge in [0.2, 0.25) is 5.91 Å². The normalized spacial score (nSPS) is 15.7. The Hall–Kier alpha value is -4.81. The van der Waals surface area contributed by atoms with Crippen LogP contribution in [0, 0.1) is 0 Å². The minimum Gasteiger partial charge on any atom is -0.442 e. The zero-order chi connectivity index (χ0) is 33.0. The topological polar surface area (TPSA) is 223 Å². The molecule has 0 spiro atoms. The molecule has 0 aliphatic carbocycles. The van der Waals surface area contributed by atoms with E-state index in [1.165, 1.54) is 6.21 Å². The van der Waals surface area contributed by atoms with E-state index in [0.717, 1.165) is 23.2 Å². The van der Waals surface area contributed by atoms with Crippen molar-refractivity contribution in [2.75, 3.05) is 26.3 Å². The number of hydrogen-bond acceptors (Lipinski definition) is 14. The molecule has 0 aromatic heterocycles. The highest BCUT2D eigenvalue weighted by molar-refractivity contribution is 6.33. The molecule has 19 nitrogen and oxygen atoms in total. The van der Waals surface area contributed by atoms with Crippen LogP contribution in [0.2, 0.25) is 0 Å². The molecule has 2 aliphatic rings. The van der Waals surface area contributed by atoms with Crippen molar-refractivity contribution in [2.45, 2.75) is 73.5 Å². The molecule has 2 aliphatic heterocycles. The predicted octanol–water partition coefficient (Wildman–Crippen LogP) is 2.00. The lowest BCUT2D eigenvalue weighted by molar-refractivity contribution is -0.140. The van der Waals surface area contributed by atoms with Gasteiger partial charge in [0.1, 0.15) is 35.8 Å². The van der Waals surface area contributed by atoms with Crippen molar-refractivity contribution in [3.8, 4) is 0 Å². The third-order valence-electron chi connectivity index (χ3n) is 4.31. The Morgan fingerprint density at radius 2 is 1.49 bits per heavy atom. The van der Waals surface area contributed by atoms with E-state index in [9.17, 15) is 24.0 Å². The number of oxime groups is 2. The number of nitrogens with two attached hydrogens (primary N) is 1. The molecule has 2 heterocycles. The number of rotatable bonds is 7. The molecule has 0 atom stereocenters. The summed E-state index contributed by atoms with van der Waals surface area (Å²) in [6.07, 6.45) is 0.388. The number of nitrogens with one attached hydrogen (secondary N) is 1. The van der Waals surface area contributed by atoms with Crippen LogP contribution >= 0.6 is 0 Å². The smallest absolute Gasteiger partial charge is 0.439 e. The maximum atomic E-state index is 12.9. The van der Waals surface area contributed by atoms with Crippen molar-refractivity contribution in [1.29, 1.82) is 0 Å². The van der Waals surface area contributed by atoms with Crippen LogP contribution in [-0.4, -0.2) is 112 Å². The number of hydrogen-bond donors (Lipinski definition) is 2. The molecule has 0 aromatic rings. The van der Waals surface area contributed by atoms with Crippen LogP contribution in [0.4, 0.5) is 19.2 Å². The van der Waals surface area contributed by atoms with E-state index < -0.39 is 41.4 Å². The molecule has 0 saturated carbocycles. The van der Waals surface area contributed by atoms with E-state index in [1.807, 2.05) is 6.92 Å². The van der Waals surface area contributed by atoms with E-state index >= 15 is 0 Å². The molecular weight excluding hydrogens is 572 g/mol. The molecule has 0 saturated heterocycles. The van der Waals surface area contributed by atoms with Crippen LogP contribution in [0.25, 0.3) is 0 Å². The maximum absolute atomic E-state index is 12.9. The number of carbonyl (C=O) groups is 5. The van der Waals surface area contributed by atoms with Crippen molar-refractivity contribution in [1.82, 2.24) is 25.5 Å². The fraction of sp³-hybridized carbons (Fsp3) is 0.625. The lowest BCUT2D eigenvalue weighted by Gasteiger charge is -2.37. The van der Waals surface area contributed by atoms with Gasteiger partial charge in [0.05, 0.1) is 25.5 Å². The maximum Gasteiger partial charge on any atom is 0.439 e. The van der Waals surface area contributed by atoms with Crippen LogP contribution in [0.1, 0.15) is 62.3 Å². The van der Waals surface area contributed by atoms with Gasteiger partial charge in [-0.05, 0) is 55.4 Å². The minimum atomic E-state index is -1.09. The highest BCUT2D eigenvalue weighted by Gasteiger charge is 2.42. The predicted molar refractivity (Wildman–Crippen MR) is 153 cm³/mol. The Balaban J connectivity index is 0.000000589. The van der Waals surface area contributed by atoms with Crippen molar-refractivity contribution in [3.05, 3.63) is 0 Å². The van der Waals surface area contributed by atoms with Crippen molar-refractivity contribution in [2.24, 2.45) is 26.4 Å². The van der Waals surface area contributed by atoms with E-state index in [1.54, 1.807) is 48.5 Å². The number of hydrazone groups is 2. The van der Waals surface area contributed by atoms with Crippen molar-refractivity contribution in [3.63, 3.8) is 0 Å². The summed E-state index contributed by atoms with van der Waals surface area (Å²) in [4.78, 5) is 70.5. The Kier molecular flexibility index (Phi) is 13.5. The van der Waals surface area contributed by atoms with Crippen LogP contribution in [0.5, 0.6) is 0 Å². The molecule has 43 heavy (non-hydrogen) atoms. The van der Waals surface area contributed by atoms with Crippen LogP contribution in [0.3, 0.4) is 0 Å². The molecule has 2 rings (SSSR count). The van der Waals surface area contributed by atoms with Gasteiger partial charge in [-0.2, -0.15) is 10.2 Å². The summed E-state index contributed by atoms with van der Waals surface area (Å²) in [5.74, 6) is 4.51. The van der Waals surface area contributed by atoms with E-state index in [4.69, 9.17) is 25.0 Å². The molecule has 0 fully saturated rings. The van der Waals surface area contributed by atoms with Crippen LogP contribution in [0.15, 0.2) is 20.5 Å². The third-order valence-corrected chi connectivity index (χ3v) is 4.31. The first-order valence-corrected chi connectivity index (χ1v) is 13.0. The molecule has 19 heteroatoms. The first-order valence-electron chi connectivity index (χ1n) is 13.0. The number of imide groups is 2. The molecule has 240 valence electrons. The van der Waals surface area contributed by atoms with Crippen LogP contribution in [-0.2, 0) is 23.9 Å². The number of amides is 7. The zero-order valence-electron chi connectivity index (χ0n) is 25.8. The molecule has 0 aromatic carbocycles. The third kappa shape index (κ3) is 12.7. The Morgan fingerprint density at radius 1 is 0.953 bits per heavy atom. The van der Waals surface area contributed by atoms with Gasteiger partial charge in [-0.25, -0.2) is 35.5 Å². The van der Waals surface area contributed by atoms with Gasteiger partial charge >= 0.3 is 24.2 Å². The van der Waals surface area contributed by atoms with Gasteiger partial charge in [0, 0.05) is 6.92 Å².